The van der Waals surface area contributed by atoms with Gasteiger partial charge in [0.05, 0.1) is 0 Å². The van der Waals surface area contributed by atoms with Gasteiger partial charge < -0.3 is 20.4 Å². The number of rotatable bonds is 8. The van der Waals surface area contributed by atoms with E-state index in [9.17, 15) is 0 Å². The Balaban J connectivity index is 1.41. The predicted octanol–water partition coefficient (Wildman–Crippen LogP) is 2.62. The molecule has 0 radical (unpaired) electrons. The number of benzene rings is 1. The minimum atomic E-state index is 0.501. The van der Waals surface area contributed by atoms with Crippen LogP contribution in [-0.2, 0) is 6.54 Å². The number of hydrogen-bond donors (Lipinski definition) is 2. The first-order chi connectivity index (χ1) is 15.1. The Morgan fingerprint density at radius 1 is 1.10 bits per heavy atom. The fourth-order valence-corrected chi connectivity index (χ4v) is 4.73. The number of likely N-dealkylation sites (N-methyl/N-ethyl adjacent to an activating group) is 1. The maximum absolute atomic E-state index is 4.89. The molecule has 0 spiro atoms. The number of nitrogens with zero attached hydrogens (tertiary/aromatic N) is 4. The van der Waals surface area contributed by atoms with Crippen LogP contribution in [0.5, 0.6) is 0 Å². The fourth-order valence-electron chi connectivity index (χ4n) is 4.73. The number of likely N-dealkylation sites (tertiary alicyclic amines) is 1. The van der Waals surface area contributed by atoms with Crippen LogP contribution in [0.1, 0.15) is 45.1 Å². The lowest BCUT2D eigenvalue weighted by Gasteiger charge is -2.38. The van der Waals surface area contributed by atoms with Crippen molar-refractivity contribution in [2.75, 3.05) is 59.4 Å². The van der Waals surface area contributed by atoms with Gasteiger partial charge in [0.2, 0.25) is 0 Å². The first-order valence-electron chi connectivity index (χ1n) is 12.4. The average molecular weight is 429 g/mol. The Hall–Kier alpha value is -1.63. The Labute approximate surface area is 190 Å². The highest BCUT2D eigenvalue weighted by Gasteiger charge is 2.26. The van der Waals surface area contributed by atoms with E-state index in [-0.39, 0.29) is 0 Å². The van der Waals surface area contributed by atoms with Crippen LogP contribution in [0, 0.1) is 0 Å². The molecule has 31 heavy (non-hydrogen) atoms. The average Bonchev–Trinajstić information content (AvgIpc) is 2.98. The zero-order valence-electron chi connectivity index (χ0n) is 20.0. The van der Waals surface area contributed by atoms with E-state index in [0.29, 0.717) is 12.1 Å². The van der Waals surface area contributed by atoms with Crippen molar-refractivity contribution in [2.45, 2.75) is 58.2 Å². The molecule has 2 fully saturated rings. The van der Waals surface area contributed by atoms with Crippen molar-refractivity contribution in [3.8, 4) is 0 Å². The van der Waals surface area contributed by atoms with Gasteiger partial charge in [0, 0.05) is 51.4 Å². The molecule has 0 saturated carbocycles. The van der Waals surface area contributed by atoms with E-state index in [1.165, 1.54) is 51.0 Å². The molecular formula is C25H44N6. The van der Waals surface area contributed by atoms with Crippen LogP contribution in [0.25, 0.3) is 0 Å². The molecule has 2 saturated heterocycles. The highest BCUT2D eigenvalue weighted by Crippen LogP contribution is 2.20. The van der Waals surface area contributed by atoms with Crippen molar-refractivity contribution in [3.05, 3.63) is 35.9 Å². The third-order valence-corrected chi connectivity index (χ3v) is 6.64. The van der Waals surface area contributed by atoms with Crippen LogP contribution in [0.15, 0.2) is 35.3 Å². The summed E-state index contributed by atoms with van der Waals surface area (Å²) < 4.78 is 0. The molecule has 0 bridgehead atoms. The molecular weight excluding hydrogens is 384 g/mol. The Kier molecular flexibility index (Phi) is 10.1. The molecule has 3 rings (SSSR count). The van der Waals surface area contributed by atoms with Crippen molar-refractivity contribution in [3.63, 3.8) is 0 Å². The van der Waals surface area contributed by atoms with Crippen LogP contribution in [0.4, 0.5) is 0 Å². The molecule has 2 aliphatic rings. The van der Waals surface area contributed by atoms with Crippen molar-refractivity contribution in [1.29, 1.82) is 0 Å². The third kappa shape index (κ3) is 8.43. The van der Waals surface area contributed by atoms with E-state index in [1.807, 2.05) is 0 Å². The number of aliphatic imine (C=N–C) groups is 1. The molecule has 0 aliphatic carbocycles. The largest absolute Gasteiger partial charge is 0.357 e. The van der Waals surface area contributed by atoms with Crippen LogP contribution in [-0.4, -0.2) is 92.1 Å². The van der Waals surface area contributed by atoms with Crippen molar-refractivity contribution < 1.29 is 0 Å². The standard InChI is InChI=1S/C25H44N6/c1-4-26-25(27-13-8-15-30-16-9-14-29(3)18-19-30)28-24-12-17-31(22(2)20-24)21-23-10-6-5-7-11-23/h5-7,10-11,22,24H,4,8-9,12-21H2,1-3H3,(H2,26,27,28). The van der Waals surface area contributed by atoms with Gasteiger partial charge in [0.25, 0.3) is 0 Å². The first-order valence-corrected chi connectivity index (χ1v) is 12.4. The molecule has 2 heterocycles. The second-order valence-electron chi connectivity index (χ2n) is 9.28. The van der Waals surface area contributed by atoms with E-state index in [0.717, 1.165) is 45.1 Å². The van der Waals surface area contributed by atoms with E-state index < -0.39 is 0 Å². The lowest BCUT2D eigenvalue weighted by Crippen LogP contribution is -2.51. The fraction of sp³-hybridized carbons (Fsp3) is 0.720. The van der Waals surface area contributed by atoms with Gasteiger partial charge in [-0.1, -0.05) is 30.3 Å². The number of guanidine groups is 1. The Morgan fingerprint density at radius 2 is 1.94 bits per heavy atom. The minimum absolute atomic E-state index is 0.501. The summed E-state index contributed by atoms with van der Waals surface area (Å²) in [6.07, 6.45) is 4.75. The van der Waals surface area contributed by atoms with Gasteiger partial charge in [0.15, 0.2) is 5.96 Å². The first kappa shape index (κ1) is 24.0. The predicted molar refractivity (Wildman–Crippen MR) is 132 cm³/mol. The Morgan fingerprint density at radius 3 is 2.71 bits per heavy atom. The molecule has 174 valence electrons. The van der Waals surface area contributed by atoms with Crippen molar-refractivity contribution in [2.24, 2.45) is 4.99 Å². The molecule has 2 atom stereocenters. The molecule has 0 amide bonds. The third-order valence-electron chi connectivity index (χ3n) is 6.64. The minimum Gasteiger partial charge on any atom is -0.357 e. The summed E-state index contributed by atoms with van der Waals surface area (Å²) >= 11 is 0. The summed E-state index contributed by atoms with van der Waals surface area (Å²) in [4.78, 5) is 12.5. The normalized spacial score (nSPS) is 24.7. The van der Waals surface area contributed by atoms with Crippen LogP contribution in [0.2, 0.25) is 0 Å². The molecule has 2 unspecified atom stereocenters. The number of hydrogen-bond acceptors (Lipinski definition) is 4. The molecule has 1 aromatic rings. The lowest BCUT2D eigenvalue weighted by atomic mass is 9.97. The summed E-state index contributed by atoms with van der Waals surface area (Å²) in [5.41, 5.74) is 1.41. The van der Waals surface area contributed by atoms with Crippen LogP contribution in [0.3, 0.4) is 0 Å². The van der Waals surface area contributed by atoms with Gasteiger partial charge in [0.1, 0.15) is 0 Å². The molecule has 2 N–H and O–H groups in total. The number of nitrogens with one attached hydrogen (secondary N) is 2. The van der Waals surface area contributed by atoms with Gasteiger partial charge >= 0.3 is 0 Å². The van der Waals surface area contributed by atoms with Crippen LogP contribution < -0.4 is 10.6 Å². The second kappa shape index (κ2) is 13.0. The summed E-state index contributed by atoms with van der Waals surface area (Å²) in [5.74, 6) is 0.992. The van der Waals surface area contributed by atoms with E-state index in [2.05, 4.69) is 76.6 Å². The zero-order valence-corrected chi connectivity index (χ0v) is 20.0. The van der Waals surface area contributed by atoms with Gasteiger partial charge in [-0.2, -0.15) is 0 Å². The maximum atomic E-state index is 4.89. The summed E-state index contributed by atoms with van der Waals surface area (Å²) in [6.45, 7) is 14.5. The topological polar surface area (TPSA) is 46.1 Å². The maximum Gasteiger partial charge on any atom is 0.191 e. The highest BCUT2D eigenvalue weighted by molar-refractivity contribution is 5.80. The number of piperidine rings is 1. The van der Waals surface area contributed by atoms with Crippen molar-refractivity contribution >= 4 is 5.96 Å². The summed E-state index contributed by atoms with van der Waals surface area (Å²) in [6, 6.07) is 11.9. The van der Waals surface area contributed by atoms with Crippen LogP contribution >= 0.6 is 0 Å². The molecule has 1 aromatic carbocycles. The summed E-state index contributed by atoms with van der Waals surface area (Å²) in [5, 5.41) is 7.17. The monoisotopic (exact) mass is 428 g/mol. The highest BCUT2D eigenvalue weighted by atomic mass is 15.2. The lowest BCUT2D eigenvalue weighted by molar-refractivity contribution is 0.134. The second-order valence-corrected chi connectivity index (χ2v) is 9.28. The van der Waals surface area contributed by atoms with Gasteiger partial charge in [-0.15, -0.1) is 0 Å². The molecule has 0 aromatic heterocycles. The molecule has 6 heteroatoms. The van der Waals surface area contributed by atoms with Gasteiger partial charge in [-0.3, -0.25) is 9.89 Å². The molecule has 2 aliphatic heterocycles. The van der Waals surface area contributed by atoms with E-state index in [1.54, 1.807) is 0 Å². The Bertz CT molecular complexity index is 649. The zero-order chi connectivity index (χ0) is 21.9. The van der Waals surface area contributed by atoms with E-state index >= 15 is 0 Å². The van der Waals surface area contributed by atoms with E-state index in [4.69, 9.17) is 4.99 Å². The molecule has 6 nitrogen and oxygen atoms in total. The van der Waals surface area contributed by atoms with Gasteiger partial charge in [-0.25, -0.2) is 0 Å². The van der Waals surface area contributed by atoms with Crippen molar-refractivity contribution in [1.82, 2.24) is 25.3 Å². The smallest absolute Gasteiger partial charge is 0.191 e. The SMILES string of the molecule is CCNC(=NCCCN1CCCN(C)CC1)NC1CCN(Cc2ccccc2)C(C)C1. The quantitative estimate of drug-likeness (QED) is 0.379. The van der Waals surface area contributed by atoms with Gasteiger partial charge in [-0.05, 0) is 71.8 Å². The summed E-state index contributed by atoms with van der Waals surface area (Å²) in [7, 11) is 2.23.